The van der Waals surface area contributed by atoms with Gasteiger partial charge in [0, 0.05) is 25.3 Å². The van der Waals surface area contributed by atoms with Crippen LogP contribution in [0.4, 0.5) is 0 Å². The zero-order chi connectivity index (χ0) is 16.5. The Morgan fingerprint density at radius 3 is 2.70 bits per heavy atom. The number of nitrogens with two attached hydrogens (primary N) is 1. The number of carbonyl (C=O) groups excluding carboxylic acids is 1. The van der Waals surface area contributed by atoms with Crippen molar-refractivity contribution in [2.45, 2.75) is 13.0 Å². The van der Waals surface area contributed by atoms with Crippen molar-refractivity contribution in [3.05, 3.63) is 33.8 Å². The number of hydrogen-bond donors (Lipinski definition) is 3. The monoisotopic (exact) mass is 474 g/mol. The van der Waals surface area contributed by atoms with Crippen LogP contribution >= 0.6 is 47.2 Å². The third-order valence-corrected chi connectivity index (χ3v) is 3.41. The van der Waals surface area contributed by atoms with Crippen molar-refractivity contribution in [3.63, 3.8) is 0 Å². The molecule has 9 heteroatoms. The van der Waals surface area contributed by atoms with Gasteiger partial charge in [-0.25, -0.2) is 0 Å². The molecular formula is C14H21Cl2IN4O2. The molecule has 0 aliphatic heterocycles. The highest BCUT2D eigenvalue weighted by atomic mass is 127. The number of methoxy groups -OCH3 is 1. The highest BCUT2D eigenvalue weighted by molar-refractivity contribution is 14.0. The number of benzene rings is 1. The molecule has 1 atom stereocenters. The number of hydrogen-bond acceptors (Lipinski definition) is 3. The third kappa shape index (κ3) is 8.59. The topological polar surface area (TPSA) is 88.7 Å². The van der Waals surface area contributed by atoms with Gasteiger partial charge in [0.05, 0.1) is 23.2 Å². The molecule has 1 rings (SSSR count). The average molecular weight is 475 g/mol. The van der Waals surface area contributed by atoms with Gasteiger partial charge < -0.3 is 21.1 Å². The van der Waals surface area contributed by atoms with Gasteiger partial charge >= 0.3 is 0 Å². The molecule has 0 bridgehead atoms. The van der Waals surface area contributed by atoms with E-state index in [1.165, 1.54) is 6.07 Å². The molecule has 1 amide bonds. The van der Waals surface area contributed by atoms with Crippen LogP contribution in [0.25, 0.3) is 0 Å². The number of guanidine groups is 1. The molecule has 0 heterocycles. The summed E-state index contributed by atoms with van der Waals surface area (Å²) in [6.45, 7) is 3.19. The van der Waals surface area contributed by atoms with Gasteiger partial charge in [0.15, 0.2) is 5.96 Å². The van der Waals surface area contributed by atoms with E-state index in [2.05, 4.69) is 15.6 Å². The second-order valence-corrected chi connectivity index (χ2v) is 5.47. The van der Waals surface area contributed by atoms with Crippen molar-refractivity contribution in [2.24, 2.45) is 10.7 Å². The first-order chi connectivity index (χ1) is 10.4. The summed E-state index contributed by atoms with van der Waals surface area (Å²) < 4.78 is 4.98. The molecule has 0 aromatic heterocycles. The van der Waals surface area contributed by atoms with Crippen LogP contribution in [-0.2, 0) is 4.74 Å². The Hall–Kier alpha value is -0.770. The molecule has 1 unspecified atom stereocenters. The van der Waals surface area contributed by atoms with E-state index in [1.54, 1.807) is 19.2 Å². The summed E-state index contributed by atoms with van der Waals surface area (Å²) in [5.74, 6) is 0.0707. The van der Waals surface area contributed by atoms with E-state index in [1.807, 2.05) is 6.92 Å². The van der Waals surface area contributed by atoms with Crippen LogP contribution in [0.3, 0.4) is 0 Å². The number of halogens is 3. The Balaban J connectivity index is 0.00000484. The Morgan fingerprint density at radius 2 is 2.09 bits per heavy atom. The van der Waals surface area contributed by atoms with Gasteiger partial charge in [0.25, 0.3) is 5.91 Å². The van der Waals surface area contributed by atoms with Gasteiger partial charge in [-0.1, -0.05) is 23.2 Å². The van der Waals surface area contributed by atoms with E-state index in [0.29, 0.717) is 41.3 Å². The first-order valence-electron chi connectivity index (χ1n) is 6.72. The number of aliphatic imine (C=N–C) groups is 1. The fourth-order valence-electron chi connectivity index (χ4n) is 1.67. The van der Waals surface area contributed by atoms with Crippen molar-refractivity contribution < 1.29 is 9.53 Å². The minimum atomic E-state index is -0.243. The molecule has 0 aliphatic rings. The van der Waals surface area contributed by atoms with Crippen molar-refractivity contribution in [1.29, 1.82) is 0 Å². The zero-order valence-electron chi connectivity index (χ0n) is 12.9. The summed E-state index contributed by atoms with van der Waals surface area (Å²) in [4.78, 5) is 16.0. The van der Waals surface area contributed by atoms with Gasteiger partial charge in [-0.15, -0.1) is 24.0 Å². The quantitative estimate of drug-likeness (QED) is 0.245. The molecule has 0 saturated carbocycles. The summed E-state index contributed by atoms with van der Waals surface area (Å²) in [6, 6.07) is 4.77. The van der Waals surface area contributed by atoms with Crippen molar-refractivity contribution >= 4 is 59.0 Å². The molecule has 6 nitrogen and oxygen atoms in total. The molecular weight excluding hydrogens is 454 g/mol. The van der Waals surface area contributed by atoms with E-state index in [9.17, 15) is 4.79 Å². The van der Waals surface area contributed by atoms with Crippen LogP contribution in [0, 0.1) is 0 Å². The minimum Gasteiger partial charge on any atom is -0.383 e. The van der Waals surface area contributed by atoms with E-state index in [4.69, 9.17) is 33.7 Å². The Bertz CT molecular complexity index is 544. The van der Waals surface area contributed by atoms with E-state index in [-0.39, 0.29) is 35.9 Å². The number of nitrogens with one attached hydrogen (secondary N) is 2. The standard InChI is InChI=1S/C14H20Cl2N4O2.HI/c1-9(8-22-2)20-14(17)19-6-5-18-13(21)10-3-4-11(15)12(16)7-10;/h3-4,7,9H,5-6,8H2,1-2H3,(H,18,21)(H3,17,19,20);1H. The summed E-state index contributed by atoms with van der Waals surface area (Å²) in [5, 5.41) is 6.45. The van der Waals surface area contributed by atoms with Gasteiger partial charge in [0.2, 0.25) is 0 Å². The maximum absolute atomic E-state index is 11.9. The van der Waals surface area contributed by atoms with Crippen molar-refractivity contribution in [1.82, 2.24) is 10.6 Å². The van der Waals surface area contributed by atoms with Gasteiger partial charge in [-0.2, -0.15) is 0 Å². The number of amides is 1. The van der Waals surface area contributed by atoms with Gasteiger partial charge in [0.1, 0.15) is 0 Å². The highest BCUT2D eigenvalue weighted by Crippen LogP contribution is 2.22. The number of ether oxygens (including phenoxy) is 1. The molecule has 23 heavy (non-hydrogen) atoms. The Kier molecular flexibility index (Phi) is 11.3. The lowest BCUT2D eigenvalue weighted by Gasteiger charge is -2.13. The average Bonchev–Trinajstić information content (AvgIpc) is 2.46. The first-order valence-corrected chi connectivity index (χ1v) is 7.48. The molecule has 0 aliphatic carbocycles. The molecule has 1 aromatic rings. The summed E-state index contributed by atoms with van der Waals surface area (Å²) in [7, 11) is 1.62. The van der Waals surface area contributed by atoms with Crippen LogP contribution in [0.1, 0.15) is 17.3 Å². The number of carbonyl (C=O) groups is 1. The molecule has 0 fully saturated rings. The molecule has 1 aromatic carbocycles. The van der Waals surface area contributed by atoms with E-state index < -0.39 is 0 Å². The lowest BCUT2D eigenvalue weighted by atomic mass is 10.2. The summed E-state index contributed by atoms with van der Waals surface area (Å²) in [6.07, 6.45) is 0. The third-order valence-electron chi connectivity index (χ3n) is 2.67. The minimum absolute atomic E-state index is 0. The largest absolute Gasteiger partial charge is 0.383 e. The Morgan fingerprint density at radius 1 is 1.39 bits per heavy atom. The van der Waals surface area contributed by atoms with Crippen LogP contribution in [0.15, 0.2) is 23.2 Å². The predicted molar refractivity (Wildman–Crippen MR) is 105 cm³/mol. The van der Waals surface area contributed by atoms with Crippen molar-refractivity contribution in [3.8, 4) is 0 Å². The number of nitrogens with zero attached hydrogens (tertiary/aromatic N) is 1. The second kappa shape index (κ2) is 11.7. The fraction of sp³-hybridized carbons (Fsp3) is 0.429. The van der Waals surface area contributed by atoms with Crippen LogP contribution in [0.2, 0.25) is 10.0 Å². The highest BCUT2D eigenvalue weighted by Gasteiger charge is 2.07. The summed E-state index contributed by atoms with van der Waals surface area (Å²) in [5.41, 5.74) is 6.15. The zero-order valence-corrected chi connectivity index (χ0v) is 16.8. The first kappa shape index (κ1) is 22.2. The summed E-state index contributed by atoms with van der Waals surface area (Å²) >= 11 is 11.7. The van der Waals surface area contributed by atoms with Gasteiger partial charge in [-0.3, -0.25) is 9.79 Å². The maximum Gasteiger partial charge on any atom is 0.251 e. The fourth-order valence-corrected chi connectivity index (χ4v) is 1.97. The lowest BCUT2D eigenvalue weighted by Crippen LogP contribution is -2.41. The molecule has 0 radical (unpaired) electrons. The molecule has 0 saturated heterocycles. The molecule has 0 spiro atoms. The van der Waals surface area contributed by atoms with Crippen LogP contribution in [0.5, 0.6) is 0 Å². The van der Waals surface area contributed by atoms with Crippen molar-refractivity contribution in [2.75, 3.05) is 26.8 Å². The van der Waals surface area contributed by atoms with Gasteiger partial charge in [-0.05, 0) is 25.1 Å². The smallest absolute Gasteiger partial charge is 0.251 e. The molecule has 130 valence electrons. The van der Waals surface area contributed by atoms with E-state index >= 15 is 0 Å². The Labute approximate surface area is 163 Å². The van der Waals surface area contributed by atoms with Crippen LogP contribution in [-0.4, -0.2) is 44.7 Å². The molecule has 4 N–H and O–H groups in total. The number of rotatable bonds is 7. The predicted octanol–water partition coefficient (Wildman–Crippen LogP) is 2.28. The SMILES string of the molecule is COCC(C)NC(N)=NCCNC(=O)c1ccc(Cl)c(Cl)c1.I. The lowest BCUT2D eigenvalue weighted by molar-refractivity contribution is 0.0955. The van der Waals surface area contributed by atoms with Crippen LogP contribution < -0.4 is 16.4 Å². The second-order valence-electron chi connectivity index (χ2n) is 4.65. The van der Waals surface area contributed by atoms with E-state index in [0.717, 1.165) is 0 Å². The maximum atomic E-state index is 11.9. The normalized spacial score (nSPS) is 12.3.